The summed E-state index contributed by atoms with van der Waals surface area (Å²) in [7, 11) is 0. The highest BCUT2D eigenvalue weighted by Crippen LogP contribution is 2.08. The average Bonchev–Trinajstić information content (AvgIpc) is 3.04. The van der Waals surface area contributed by atoms with Gasteiger partial charge in [-0.15, -0.1) is 0 Å². The molecule has 7 heteroatoms. The predicted octanol–water partition coefficient (Wildman–Crippen LogP) is 2.85. The molecular formula is C18H29N5O2. The van der Waals surface area contributed by atoms with E-state index in [2.05, 4.69) is 33.0 Å². The lowest BCUT2D eigenvalue weighted by Crippen LogP contribution is -2.33. The molecule has 0 unspecified atom stereocenters. The SMILES string of the molecule is Cc1cc(C)n(CCCn2cncc2CCNC(=O)OC(C)(C)C)n1. The number of hydrogen-bond acceptors (Lipinski definition) is 4. The second-order valence-corrected chi connectivity index (χ2v) is 7.26. The van der Waals surface area contributed by atoms with Crippen molar-refractivity contribution in [3.05, 3.63) is 35.7 Å². The molecule has 0 radical (unpaired) electrons. The lowest BCUT2D eigenvalue weighted by molar-refractivity contribution is 0.0528. The maximum Gasteiger partial charge on any atom is 0.407 e. The largest absolute Gasteiger partial charge is 0.444 e. The normalized spacial score (nSPS) is 11.6. The summed E-state index contributed by atoms with van der Waals surface area (Å²) in [5, 5.41) is 7.26. The summed E-state index contributed by atoms with van der Waals surface area (Å²) in [6, 6.07) is 2.09. The molecule has 0 fully saturated rings. The van der Waals surface area contributed by atoms with Gasteiger partial charge < -0.3 is 14.6 Å². The van der Waals surface area contributed by atoms with Gasteiger partial charge in [0.15, 0.2) is 0 Å². The molecule has 138 valence electrons. The zero-order valence-electron chi connectivity index (χ0n) is 15.9. The Bertz CT molecular complexity index is 697. The van der Waals surface area contributed by atoms with Gasteiger partial charge >= 0.3 is 6.09 Å². The Morgan fingerprint density at radius 2 is 2.04 bits per heavy atom. The standard InChI is InChI=1S/C18H29N5O2/c1-14-11-15(2)23(21-14)10-6-9-22-13-19-12-16(22)7-8-20-17(24)25-18(3,4)5/h11-13H,6-10H2,1-5H3,(H,20,24). The summed E-state index contributed by atoms with van der Waals surface area (Å²) in [5.41, 5.74) is 2.86. The van der Waals surface area contributed by atoms with Crippen LogP contribution in [0.1, 0.15) is 44.3 Å². The minimum Gasteiger partial charge on any atom is -0.444 e. The summed E-state index contributed by atoms with van der Waals surface area (Å²) in [5.74, 6) is 0. The Morgan fingerprint density at radius 1 is 1.28 bits per heavy atom. The molecule has 2 aromatic rings. The number of nitrogens with one attached hydrogen (secondary N) is 1. The number of carbonyl (C=O) groups is 1. The van der Waals surface area contributed by atoms with E-state index >= 15 is 0 Å². The van der Waals surface area contributed by atoms with E-state index in [1.165, 1.54) is 5.69 Å². The van der Waals surface area contributed by atoms with Crippen LogP contribution in [0, 0.1) is 13.8 Å². The zero-order valence-corrected chi connectivity index (χ0v) is 15.9. The number of hydrogen-bond donors (Lipinski definition) is 1. The van der Waals surface area contributed by atoms with Crippen molar-refractivity contribution in [3.8, 4) is 0 Å². The fraction of sp³-hybridized carbons (Fsp3) is 0.611. The highest BCUT2D eigenvalue weighted by Gasteiger charge is 2.15. The summed E-state index contributed by atoms with van der Waals surface area (Å²) in [6.45, 7) is 11.9. The fourth-order valence-electron chi connectivity index (χ4n) is 2.66. The summed E-state index contributed by atoms with van der Waals surface area (Å²) >= 11 is 0. The first-order valence-electron chi connectivity index (χ1n) is 8.71. The van der Waals surface area contributed by atoms with Crippen molar-refractivity contribution in [2.24, 2.45) is 0 Å². The Kier molecular flexibility index (Phi) is 6.22. The van der Waals surface area contributed by atoms with Crippen molar-refractivity contribution < 1.29 is 9.53 Å². The quantitative estimate of drug-likeness (QED) is 0.836. The van der Waals surface area contributed by atoms with E-state index in [1.54, 1.807) is 0 Å². The van der Waals surface area contributed by atoms with E-state index in [0.717, 1.165) is 37.3 Å². The van der Waals surface area contributed by atoms with Crippen molar-refractivity contribution >= 4 is 6.09 Å². The highest BCUT2D eigenvalue weighted by atomic mass is 16.6. The molecule has 2 heterocycles. The van der Waals surface area contributed by atoms with Crippen molar-refractivity contribution in [1.29, 1.82) is 0 Å². The lowest BCUT2D eigenvalue weighted by atomic mass is 10.2. The van der Waals surface area contributed by atoms with Gasteiger partial charge in [0.2, 0.25) is 0 Å². The maximum atomic E-state index is 11.7. The molecule has 0 aliphatic heterocycles. The van der Waals surface area contributed by atoms with Crippen LogP contribution in [0.4, 0.5) is 4.79 Å². The van der Waals surface area contributed by atoms with Crippen molar-refractivity contribution in [2.75, 3.05) is 6.54 Å². The Hall–Kier alpha value is -2.31. The van der Waals surface area contributed by atoms with Crippen LogP contribution in [-0.2, 0) is 24.2 Å². The molecule has 2 rings (SSSR count). The van der Waals surface area contributed by atoms with E-state index in [4.69, 9.17) is 4.74 Å². The van der Waals surface area contributed by atoms with Gasteiger partial charge in [0.25, 0.3) is 0 Å². The van der Waals surface area contributed by atoms with Crippen LogP contribution in [0.2, 0.25) is 0 Å². The molecule has 0 saturated carbocycles. The van der Waals surface area contributed by atoms with Gasteiger partial charge in [0.05, 0.1) is 12.0 Å². The monoisotopic (exact) mass is 347 g/mol. The Labute approximate surface area is 149 Å². The van der Waals surface area contributed by atoms with Crippen LogP contribution in [0.25, 0.3) is 0 Å². The predicted molar refractivity (Wildman–Crippen MR) is 96.5 cm³/mol. The van der Waals surface area contributed by atoms with Crippen molar-refractivity contribution in [3.63, 3.8) is 0 Å². The van der Waals surface area contributed by atoms with E-state index in [1.807, 2.05) is 44.9 Å². The first-order valence-corrected chi connectivity index (χ1v) is 8.71. The molecule has 2 aromatic heterocycles. The van der Waals surface area contributed by atoms with Crippen LogP contribution in [0.5, 0.6) is 0 Å². The molecule has 0 aliphatic carbocycles. The lowest BCUT2D eigenvalue weighted by Gasteiger charge is -2.19. The number of imidazole rings is 1. The number of nitrogens with zero attached hydrogens (tertiary/aromatic N) is 4. The fourth-order valence-corrected chi connectivity index (χ4v) is 2.66. The second-order valence-electron chi connectivity index (χ2n) is 7.26. The highest BCUT2D eigenvalue weighted by molar-refractivity contribution is 5.67. The molecule has 0 bridgehead atoms. The van der Waals surface area contributed by atoms with Crippen molar-refractivity contribution in [2.45, 2.75) is 66.2 Å². The van der Waals surface area contributed by atoms with Crippen molar-refractivity contribution in [1.82, 2.24) is 24.6 Å². The number of amides is 1. The third kappa shape index (κ3) is 6.25. The van der Waals surface area contributed by atoms with Gasteiger partial charge in [0.1, 0.15) is 5.60 Å². The first-order chi connectivity index (χ1) is 11.7. The average molecular weight is 347 g/mol. The third-order valence-electron chi connectivity index (χ3n) is 3.72. The number of ether oxygens (including phenoxy) is 1. The zero-order chi connectivity index (χ0) is 18.4. The summed E-state index contributed by atoms with van der Waals surface area (Å²) < 4.78 is 9.40. The maximum absolute atomic E-state index is 11.7. The van der Waals surface area contributed by atoms with Gasteiger partial charge in [-0.2, -0.15) is 5.10 Å². The molecule has 0 aromatic carbocycles. The molecule has 1 N–H and O–H groups in total. The van der Waals surface area contributed by atoms with E-state index in [-0.39, 0.29) is 6.09 Å². The van der Waals surface area contributed by atoms with Crippen LogP contribution in [0.15, 0.2) is 18.6 Å². The van der Waals surface area contributed by atoms with E-state index < -0.39 is 5.60 Å². The molecule has 1 amide bonds. The molecule has 0 atom stereocenters. The molecule has 7 nitrogen and oxygen atoms in total. The number of aromatic nitrogens is 4. The number of carbonyl (C=O) groups excluding carboxylic acids is 1. The topological polar surface area (TPSA) is 74.0 Å². The Morgan fingerprint density at radius 3 is 2.68 bits per heavy atom. The van der Waals surface area contributed by atoms with Gasteiger partial charge in [-0.3, -0.25) is 4.68 Å². The van der Waals surface area contributed by atoms with E-state index in [9.17, 15) is 4.79 Å². The third-order valence-corrected chi connectivity index (χ3v) is 3.72. The number of rotatable bonds is 7. The minimum absolute atomic E-state index is 0.386. The minimum atomic E-state index is -0.477. The van der Waals surface area contributed by atoms with Gasteiger partial charge in [0, 0.05) is 43.6 Å². The molecular weight excluding hydrogens is 318 g/mol. The van der Waals surface area contributed by atoms with Crippen LogP contribution < -0.4 is 5.32 Å². The van der Waals surface area contributed by atoms with Crippen LogP contribution in [0.3, 0.4) is 0 Å². The van der Waals surface area contributed by atoms with Gasteiger partial charge in [-0.1, -0.05) is 0 Å². The summed E-state index contributed by atoms with van der Waals surface area (Å²) in [4.78, 5) is 15.9. The molecule has 0 aliphatic rings. The molecule has 0 saturated heterocycles. The smallest absolute Gasteiger partial charge is 0.407 e. The summed E-state index contributed by atoms with van der Waals surface area (Å²) in [6.07, 6.45) is 5.00. The number of aryl methyl sites for hydroxylation is 4. The van der Waals surface area contributed by atoms with Crippen LogP contribution in [-0.4, -0.2) is 37.6 Å². The first kappa shape index (κ1) is 19.0. The van der Waals surface area contributed by atoms with Crippen LogP contribution >= 0.6 is 0 Å². The second kappa shape index (κ2) is 8.18. The molecule has 0 spiro atoms. The Balaban J connectivity index is 1.76. The molecule has 25 heavy (non-hydrogen) atoms. The van der Waals surface area contributed by atoms with Gasteiger partial charge in [-0.05, 0) is 47.1 Å². The van der Waals surface area contributed by atoms with E-state index in [0.29, 0.717) is 6.54 Å². The van der Waals surface area contributed by atoms with Gasteiger partial charge in [-0.25, -0.2) is 9.78 Å². The number of alkyl carbamates (subject to hydrolysis) is 1.